The highest BCUT2D eigenvalue weighted by Gasteiger charge is 2.53. The Kier molecular flexibility index (Phi) is 5.28. The number of ether oxygens (including phenoxy) is 1. The maximum Gasteiger partial charge on any atom is 0.320 e. The van der Waals surface area contributed by atoms with Gasteiger partial charge in [0.2, 0.25) is 0 Å². The van der Waals surface area contributed by atoms with Crippen LogP contribution < -0.4 is 0 Å². The van der Waals surface area contributed by atoms with Gasteiger partial charge < -0.3 is 4.74 Å². The van der Waals surface area contributed by atoms with Crippen molar-refractivity contribution in [1.29, 1.82) is 0 Å². The molecule has 0 bridgehead atoms. The first-order valence-corrected chi connectivity index (χ1v) is 8.26. The Labute approximate surface area is 137 Å². The number of esters is 1. The Balaban J connectivity index is 2.31. The van der Waals surface area contributed by atoms with Crippen molar-refractivity contribution >= 4 is 23.4 Å². The van der Waals surface area contributed by atoms with Gasteiger partial charge in [-0.25, -0.2) is 0 Å². The predicted octanol–water partition coefficient (Wildman–Crippen LogP) is 4.21. The van der Waals surface area contributed by atoms with Crippen LogP contribution in [0.5, 0.6) is 0 Å². The average Bonchev–Trinajstić information content (AvgIpc) is 2.78. The number of rotatable bonds is 5. The molecule has 1 saturated carbocycles. The zero-order valence-corrected chi connectivity index (χ0v) is 14.2. The molecule has 1 aromatic rings. The molecule has 1 aliphatic carbocycles. The molecule has 120 valence electrons. The van der Waals surface area contributed by atoms with Crippen LogP contribution in [0.4, 0.5) is 0 Å². The van der Waals surface area contributed by atoms with Crippen LogP contribution in [-0.2, 0) is 20.7 Å². The zero-order valence-electron chi connectivity index (χ0n) is 13.4. The predicted molar refractivity (Wildman–Crippen MR) is 86.8 cm³/mol. The van der Waals surface area contributed by atoms with Gasteiger partial charge in [0.15, 0.2) is 5.78 Å². The van der Waals surface area contributed by atoms with Crippen LogP contribution in [0.15, 0.2) is 24.3 Å². The summed E-state index contributed by atoms with van der Waals surface area (Å²) in [4.78, 5) is 25.5. The maximum absolute atomic E-state index is 12.8. The highest BCUT2D eigenvalue weighted by atomic mass is 35.5. The third-order valence-electron chi connectivity index (χ3n) is 4.41. The first-order valence-electron chi connectivity index (χ1n) is 7.89. The Morgan fingerprint density at radius 3 is 2.50 bits per heavy atom. The molecular weight excluding hydrogens is 300 g/mol. The molecule has 0 aromatic heterocycles. The minimum Gasteiger partial charge on any atom is -0.462 e. The highest BCUT2D eigenvalue weighted by Crippen LogP contribution is 2.43. The molecule has 1 aromatic carbocycles. The smallest absolute Gasteiger partial charge is 0.320 e. The molecule has 22 heavy (non-hydrogen) atoms. The van der Waals surface area contributed by atoms with Crippen molar-refractivity contribution in [3.05, 3.63) is 34.9 Å². The van der Waals surface area contributed by atoms with Gasteiger partial charge in [-0.1, -0.05) is 30.7 Å². The third-order valence-corrected chi connectivity index (χ3v) is 4.66. The first kappa shape index (κ1) is 17.0. The lowest BCUT2D eigenvalue weighted by molar-refractivity contribution is -0.163. The van der Waals surface area contributed by atoms with Crippen molar-refractivity contribution in [2.75, 3.05) is 0 Å². The Hall–Kier alpha value is -1.35. The standard InChI is InChI=1S/C18H23ClO3/c1-4-14-9-10-18(16(14)20,17(21)22-12(2)3)11-13-5-7-15(19)8-6-13/h5-8,12,14H,4,9-11H2,1-3H3. The van der Waals surface area contributed by atoms with E-state index in [1.165, 1.54) is 0 Å². The van der Waals surface area contributed by atoms with Gasteiger partial charge in [-0.05, 0) is 57.2 Å². The quantitative estimate of drug-likeness (QED) is 0.602. The molecule has 3 nitrogen and oxygen atoms in total. The Bertz CT molecular complexity index is 550. The summed E-state index contributed by atoms with van der Waals surface area (Å²) in [6.07, 6.45) is 2.28. The first-order chi connectivity index (χ1) is 10.4. The monoisotopic (exact) mass is 322 g/mol. The molecule has 0 saturated heterocycles. The summed E-state index contributed by atoms with van der Waals surface area (Å²) in [6, 6.07) is 7.32. The topological polar surface area (TPSA) is 43.4 Å². The summed E-state index contributed by atoms with van der Waals surface area (Å²) < 4.78 is 5.41. The van der Waals surface area contributed by atoms with Gasteiger partial charge in [0.1, 0.15) is 5.41 Å². The lowest BCUT2D eigenvalue weighted by Crippen LogP contribution is -2.41. The Morgan fingerprint density at radius 1 is 1.36 bits per heavy atom. The van der Waals surface area contributed by atoms with Crippen LogP contribution in [0.25, 0.3) is 0 Å². The molecule has 0 heterocycles. The average molecular weight is 323 g/mol. The summed E-state index contributed by atoms with van der Waals surface area (Å²) >= 11 is 5.91. The van der Waals surface area contributed by atoms with E-state index < -0.39 is 5.41 Å². The van der Waals surface area contributed by atoms with Gasteiger partial charge in [0.05, 0.1) is 6.10 Å². The second-order valence-corrected chi connectivity index (χ2v) is 6.78. The fraction of sp³-hybridized carbons (Fsp3) is 0.556. The lowest BCUT2D eigenvalue weighted by atomic mass is 9.78. The number of carbonyl (C=O) groups is 2. The normalized spacial score (nSPS) is 24.8. The fourth-order valence-electron chi connectivity index (χ4n) is 3.18. The maximum atomic E-state index is 12.8. The number of halogens is 1. The molecule has 0 aliphatic heterocycles. The van der Waals surface area contributed by atoms with Crippen molar-refractivity contribution in [2.45, 2.75) is 52.6 Å². The van der Waals surface area contributed by atoms with Crippen molar-refractivity contribution in [3.63, 3.8) is 0 Å². The summed E-state index contributed by atoms with van der Waals surface area (Å²) in [5, 5.41) is 0.645. The summed E-state index contributed by atoms with van der Waals surface area (Å²) in [5.74, 6) is -0.374. The minimum atomic E-state index is -1.03. The molecule has 1 fully saturated rings. The Morgan fingerprint density at radius 2 is 2.00 bits per heavy atom. The SMILES string of the molecule is CCC1CCC(Cc2ccc(Cl)cc2)(C(=O)OC(C)C)C1=O. The number of Topliss-reactive ketones (excluding diaryl/α,β-unsaturated/α-hetero) is 1. The van der Waals surface area contributed by atoms with Gasteiger partial charge >= 0.3 is 5.97 Å². The van der Waals surface area contributed by atoms with Gasteiger partial charge in [0.25, 0.3) is 0 Å². The molecule has 0 amide bonds. The van der Waals surface area contributed by atoms with Crippen LogP contribution in [-0.4, -0.2) is 17.9 Å². The molecular formula is C18H23ClO3. The number of benzene rings is 1. The van der Waals surface area contributed by atoms with Crippen LogP contribution in [0, 0.1) is 11.3 Å². The van der Waals surface area contributed by atoms with Gasteiger partial charge in [0, 0.05) is 10.9 Å². The number of hydrogen-bond donors (Lipinski definition) is 0. The van der Waals surface area contributed by atoms with Crippen LogP contribution in [0.2, 0.25) is 5.02 Å². The van der Waals surface area contributed by atoms with E-state index >= 15 is 0 Å². The van der Waals surface area contributed by atoms with Crippen LogP contribution in [0.1, 0.15) is 45.6 Å². The molecule has 2 rings (SSSR count). The summed E-state index contributed by atoms with van der Waals surface area (Å²) in [5.41, 5.74) is -0.0890. The number of carbonyl (C=O) groups excluding carboxylic acids is 2. The van der Waals surface area contributed by atoms with E-state index in [9.17, 15) is 9.59 Å². The van der Waals surface area contributed by atoms with E-state index in [4.69, 9.17) is 16.3 Å². The van der Waals surface area contributed by atoms with E-state index in [0.29, 0.717) is 17.9 Å². The molecule has 0 spiro atoms. The molecule has 0 radical (unpaired) electrons. The number of ketones is 1. The molecule has 2 unspecified atom stereocenters. The third kappa shape index (κ3) is 3.35. The lowest BCUT2D eigenvalue weighted by Gasteiger charge is -2.27. The summed E-state index contributed by atoms with van der Waals surface area (Å²) in [7, 11) is 0. The minimum absolute atomic E-state index is 0.0352. The van der Waals surface area contributed by atoms with E-state index in [0.717, 1.165) is 18.4 Å². The highest BCUT2D eigenvalue weighted by molar-refractivity contribution is 6.30. The van der Waals surface area contributed by atoms with E-state index in [1.54, 1.807) is 12.1 Å². The zero-order chi connectivity index (χ0) is 16.3. The van der Waals surface area contributed by atoms with Crippen molar-refractivity contribution in [3.8, 4) is 0 Å². The summed E-state index contributed by atoms with van der Waals surface area (Å²) in [6.45, 7) is 5.62. The van der Waals surface area contributed by atoms with Gasteiger partial charge in [-0.3, -0.25) is 9.59 Å². The van der Waals surface area contributed by atoms with Crippen LogP contribution >= 0.6 is 11.6 Å². The molecule has 4 heteroatoms. The van der Waals surface area contributed by atoms with E-state index in [1.807, 2.05) is 32.9 Å². The second-order valence-electron chi connectivity index (χ2n) is 6.35. The fourth-order valence-corrected chi connectivity index (χ4v) is 3.31. The van der Waals surface area contributed by atoms with E-state index in [-0.39, 0.29) is 23.8 Å². The largest absolute Gasteiger partial charge is 0.462 e. The number of hydrogen-bond acceptors (Lipinski definition) is 3. The van der Waals surface area contributed by atoms with Crippen molar-refractivity contribution in [1.82, 2.24) is 0 Å². The molecule has 1 aliphatic rings. The van der Waals surface area contributed by atoms with Gasteiger partial charge in [-0.2, -0.15) is 0 Å². The second kappa shape index (κ2) is 6.82. The van der Waals surface area contributed by atoms with Crippen molar-refractivity contribution < 1.29 is 14.3 Å². The molecule has 0 N–H and O–H groups in total. The van der Waals surface area contributed by atoms with E-state index in [2.05, 4.69) is 0 Å². The molecule has 2 atom stereocenters. The van der Waals surface area contributed by atoms with Gasteiger partial charge in [-0.15, -0.1) is 0 Å². The van der Waals surface area contributed by atoms with Crippen molar-refractivity contribution in [2.24, 2.45) is 11.3 Å². The van der Waals surface area contributed by atoms with Crippen LogP contribution in [0.3, 0.4) is 0 Å².